The lowest BCUT2D eigenvalue weighted by atomic mass is 9.98. The number of halogens is 1. The second-order valence-corrected chi connectivity index (χ2v) is 9.60. The van der Waals surface area contributed by atoms with E-state index in [1.54, 1.807) is 6.07 Å². The summed E-state index contributed by atoms with van der Waals surface area (Å²) < 4.78 is 6.96. The van der Waals surface area contributed by atoms with E-state index in [2.05, 4.69) is 10.4 Å². The molecule has 0 radical (unpaired) electrons. The molecular formula is C26H24ClN3O3S. The molecule has 2 heterocycles. The first-order valence-corrected chi connectivity index (χ1v) is 12.2. The van der Waals surface area contributed by atoms with E-state index in [1.165, 1.54) is 4.68 Å². The van der Waals surface area contributed by atoms with E-state index in [0.717, 1.165) is 41.6 Å². The van der Waals surface area contributed by atoms with Gasteiger partial charge in [-0.25, -0.2) is 4.68 Å². The molecule has 1 aliphatic rings. The normalized spacial score (nSPS) is 16.4. The number of aromatic amines is 1. The van der Waals surface area contributed by atoms with Crippen molar-refractivity contribution in [1.29, 1.82) is 0 Å². The van der Waals surface area contributed by atoms with Gasteiger partial charge in [-0.2, -0.15) is 0 Å². The number of nitrogens with one attached hydrogen (secondary N) is 2. The van der Waals surface area contributed by atoms with Gasteiger partial charge in [-0.3, -0.25) is 9.89 Å². The zero-order valence-corrected chi connectivity index (χ0v) is 19.9. The van der Waals surface area contributed by atoms with Gasteiger partial charge in [0.25, 0.3) is 5.56 Å². The first kappa shape index (κ1) is 22.7. The van der Waals surface area contributed by atoms with E-state index in [9.17, 15) is 9.90 Å². The number of H-pyrrole nitrogens is 1. The Kier molecular flexibility index (Phi) is 6.67. The fourth-order valence-electron chi connectivity index (χ4n) is 4.11. The highest BCUT2D eigenvalue weighted by molar-refractivity contribution is 7.99. The van der Waals surface area contributed by atoms with Crippen LogP contribution in [-0.2, 0) is 4.74 Å². The molecule has 1 unspecified atom stereocenters. The Hall–Kier alpha value is -3.13. The van der Waals surface area contributed by atoms with Gasteiger partial charge in [0.2, 0.25) is 5.88 Å². The molecule has 3 aromatic carbocycles. The third kappa shape index (κ3) is 4.73. The van der Waals surface area contributed by atoms with Gasteiger partial charge in [0, 0.05) is 17.2 Å². The molecule has 4 aromatic rings. The zero-order valence-electron chi connectivity index (χ0n) is 18.3. The van der Waals surface area contributed by atoms with Gasteiger partial charge >= 0.3 is 0 Å². The number of ether oxygens (including phenoxy) is 1. The van der Waals surface area contributed by atoms with Crippen molar-refractivity contribution < 1.29 is 9.84 Å². The molecule has 1 fully saturated rings. The molecule has 8 heteroatoms. The molecule has 0 spiro atoms. The lowest BCUT2D eigenvalue weighted by Crippen LogP contribution is -2.19. The predicted molar refractivity (Wildman–Crippen MR) is 135 cm³/mol. The Balaban J connectivity index is 1.51. The molecule has 174 valence electrons. The highest BCUT2D eigenvalue weighted by atomic mass is 35.5. The van der Waals surface area contributed by atoms with Crippen molar-refractivity contribution in [3.63, 3.8) is 0 Å². The largest absolute Gasteiger partial charge is 0.493 e. The lowest BCUT2D eigenvalue weighted by molar-refractivity contribution is 0.195. The molecule has 1 saturated heterocycles. The van der Waals surface area contributed by atoms with Gasteiger partial charge in [0.15, 0.2) is 0 Å². The molecule has 0 amide bonds. The summed E-state index contributed by atoms with van der Waals surface area (Å²) in [6.45, 7) is 1.49. The van der Waals surface area contributed by atoms with Crippen molar-refractivity contribution in [1.82, 2.24) is 9.78 Å². The SMILES string of the molecule is O=c1[nH]n(C(c2ccccc2)c2ccc(N[C@@H]3CCOC3)cc2)c(O)c1Sc1ccccc1Cl. The summed E-state index contributed by atoms with van der Waals surface area (Å²) in [4.78, 5) is 13.8. The smallest absolute Gasteiger partial charge is 0.282 e. The Morgan fingerprint density at radius 2 is 1.74 bits per heavy atom. The average molecular weight is 494 g/mol. The van der Waals surface area contributed by atoms with Crippen LogP contribution in [0, 0.1) is 0 Å². The third-order valence-electron chi connectivity index (χ3n) is 5.81. The minimum absolute atomic E-state index is 0.130. The first-order chi connectivity index (χ1) is 16.6. The lowest BCUT2D eigenvalue weighted by Gasteiger charge is -2.21. The Morgan fingerprint density at radius 1 is 1.03 bits per heavy atom. The Morgan fingerprint density at radius 3 is 2.44 bits per heavy atom. The molecule has 6 nitrogen and oxygen atoms in total. The van der Waals surface area contributed by atoms with Crippen LogP contribution in [0.3, 0.4) is 0 Å². The van der Waals surface area contributed by atoms with Crippen LogP contribution in [0.4, 0.5) is 5.69 Å². The van der Waals surface area contributed by atoms with Gasteiger partial charge in [-0.1, -0.05) is 78.0 Å². The van der Waals surface area contributed by atoms with Gasteiger partial charge in [-0.05, 0) is 41.8 Å². The van der Waals surface area contributed by atoms with Crippen molar-refractivity contribution in [3.05, 3.63) is 105 Å². The quantitative estimate of drug-likeness (QED) is 0.315. The molecule has 34 heavy (non-hydrogen) atoms. The molecule has 0 aliphatic carbocycles. The van der Waals surface area contributed by atoms with Gasteiger partial charge in [0.1, 0.15) is 10.9 Å². The Labute approximate surface area is 206 Å². The maximum absolute atomic E-state index is 12.9. The van der Waals surface area contributed by atoms with Crippen LogP contribution in [-0.4, -0.2) is 34.1 Å². The topological polar surface area (TPSA) is 79.3 Å². The molecule has 3 N–H and O–H groups in total. The zero-order chi connectivity index (χ0) is 23.5. The van der Waals surface area contributed by atoms with E-state index >= 15 is 0 Å². The van der Waals surface area contributed by atoms with Crippen molar-refractivity contribution >= 4 is 29.1 Å². The standard InChI is InChI=1S/C26H24ClN3O3S/c27-21-8-4-5-9-22(21)34-24-25(31)29-30(26(24)32)23(17-6-2-1-3-7-17)18-10-12-19(13-11-18)28-20-14-15-33-16-20/h1-13,20,23,28,32H,14-16H2,(H,29,31)/t20-,23?/m1/s1. The van der Waals surface area contributed by atoms with Gasteiger partial charge in [-0.15, -0.1) is 0 Å². The maximum atomic E-state index is 12.9. The summed E-state index contributed by atoms with van der Waals surface area (Å²) in [5.41, 5.74) is 2.49. The highest BCUT2D eigenvalue weighted by Crippen LogP contribution is 2.38. The van der Waals surface area contributed by atoms with E-state index < -0.39 is 6.04 Å². The van der Waals surface area contributed by atoms with Gasteiger partial charge < -0.3 is 15.2 Å². The molecule has 0 bridgehead atoms. The summed E-state index contributed by atoms with van der Waals surface area (Å²) in [7, 11) is 0. The number of nitrogens with zero attached hydrogens (tertiary/aromatic N) is 1. The fourth-order valence-corrected chi connectivity index (χ4v) is 5.22. The van der Waals surface area contributed by atoms with Crippen LogP contribution in [0.25, 0.3) is 0 Å². The van der Waals surface area contributed by atoms with Crippen LogP contribution in [0.5, 0.6) is 5.88 Å². The van der Waals surface area contributed by atoms with E-state index in [-0.39, 0.29) is 16.3 Å². The van der Waals surface area contributed by atoms with Crippen LogP contribution in [0.1, 0.15) is 23.6 Å². The second-order valence-electron chi connectivity index (χ2n) is 8.14. The van der Waals surface area contributed by atoms with Crippen LogP contribution >= 0.6 is 23.4 Å². The highest BCUT2D eigenvalue weighted by Gasteiger charge is 2.25. The monoisotopic (exact) mass is 493 g/mol. The number of anilines is 1. The number of rotatable bonds is 7. The minimum atomic E-state index is -0.418. The summed E-state index contributed by atoms with van der Waals surface area (Å²) in [6, 6.07) is 25.0. The average Bonchev–Trinajstić information content (AvgIpc) is 3.46. The van der Waals surface area contributed by atoms with Gasteiger partial charge in [0.05, 0.1) is 17.7 Å². The molecule has 1 aliphatic heterocycles. The molecule has 5 rings (SSSR count). The number of hydrogen-bond donors (Lipinski definition) is 3. The van der Waals surface area contributed by atoms with Crippen molar-refractivity contribution in [2.75, 3.05) is 18.5 Å². The van der Waals surface area contributed by atoms with Crippen LogP contribution < -0.4 is 10.9 Å². The minimum Gasteiger partial charge on any atom is -0.493 e. The molecular weight excluding hydrogens is 470 g/mol. The van der Waals surface area contributed by atoms with Crippen molar-refractivity contribution in [2.45, 2.75) is 28.3 Å². The van der Waals surface area contributed by atoms with Crippen molar-refractivity contribution in [2.24, 2.45) is 0 Å². The second kappa shape index (κ2) is 10.0. The van der Waals surface area contributed by atoms with Crippen LogP contribution in [0.2, 0.25) is 5.02 Å². The maximum Gasteiger partial charge on any atom is 0.282 e. The van der Waals surface area contributed by atoms with Crippen LogP contribution in [0.15, 0.2) is 93.4 Å². The van der Waals surface area contributed by atoms with Crippen molar-refractivity contribution in [3.8, 4) is 5.88 Å². The van der Waals surface area contributed by atoms with E-state index in [0.29, 0.717) is 22.6 Å². The molecule has 1 aromatic heterocycles. The number of hydrogen-bond acceptors (Lipinski definition) is 5. The summed E-state index contributed by atoms with van der Waals surface area (Å²) in [5, 5.41) is 18.0. The van der Waals surface area contributed by atoms with E-state index in [4.69, 9.17) is 16.3 Å². The Bertz CT molecular complexity index is 1320. The number of aromatic hydroxyl groups is 1. The third-order valence-corrected chi connectivity index (χ3v) is 7.40. The number of aromatic nitrogens is 2. The molecule has 0 saturated carbocycles. The summed E-state index contributed by atoms with van der Waals surface area (Å²) in [5.74, 6) is -0.130. The fraction of sp³-hybridized carbons (Fsp3) is 0.192. The predicted octanol–water partition coefficient (Wildman–Crippen LogP) is 5.53. The first-order valence-electron chi connectivity index (χ1n) is 11.0. The summed E-state index contributed by atoms with van der Waals surface area (Å²) >= 11 is 7.43. The number of benzene rings is 3. The summed E-state index contributed by atoms with van der Waals surface area (Å²) in [6.07, 6.45) is 0.985. The van der Waals surface area contributed by atoms with E-state index in [1.807, 2.05) is 72.8 Å². The molecule has 2 atom stereocenters.